The van der Waals surface area contributed by atoms with Gasteiger partial charge in [0.05, 0.1) is 0 Å². The van der Waals surface area contributed by atoms with Crippen LogP contribution in [0.4, 0.5) is 5.69 Å². The summed E-state index contributed by atoms with van der Waals surface area (Å²) in [5.74, 6) is -0.381. The summed E-state index contributed by atoms with van der Waals surface area (Å²) in [5, 5.41) is 4.34. The van der Waals surface area contributed by atoms with Gasteiger partial charge in [0.15, 0.2) is 0 Å². The van der Waals surface area contributed by atoms with Crippen LogP contribution in [-0.2, 0) is 6.54 Å². The van der Waals surface area contributed by atoms with Crippen LogP contribution >= 0.6 is 11.3 Å². The molecule has 1 amide bonds. The monoisotopic (exact) mass is 386 g/mol. The van der Waals surface area contributed by atoms with Crippen molar-refractivity contribution in [3.63, 3.8) is 0 Å². The first kappa shape index (κ1) is 19.9. The van der Waals surface area contributed by atoms with Gasteiger partial charge in [-0.15, -0.1) is 0 Å². The number of benzene rings is 1. The molecule has 2 aromatic rings. The number of primary amides is 1. The maximum atomic E-state index is 11.4. The Labute approximate surface area is 165 Å². The number of nitrogens with two attached hydrogens (primary N) is 2. The highest BCUT2D eigenvalue weighted by atomic mass is 32.1. The molecule has 1 fully saturated rings. The summed E-state index contributed by atoms with van der Waals surface area (Å²) < 4.78 is 0. The molecule has 0 saturated carbocycles. The van der Waals surface area contributed by atoms with Crippen molar-refractivity contribution in [3.05, 3.63) is 52.2 Å². The fraction of sp³-hybridized carbons (Fsp3) is 0.476. The van der Waals surface area contributed by atoms with Crippen molar-refractivity contribution in [1.82, 2.24) is 4.90 Å². The number of carbonyl (C=O) groups is 1. The van der Waals surface area contributed by atoms with Gasteiger partial charge in [-0.05, 0) is 79.4 Å². The van der Waals surface area contributed by atoms with E-state index in [4.69, 9.17) is 11.5 Å². The molecule has 1 aliphatic rings. The fourth-order valence-corrected chi connectivity index (χ4v) is 4.55. The van der Waals surface area contributed by atoms with Gasteiger partial charge >= 0.3 is 0 Å². The highest BCUT2D eigenvalue weighted by molar-refractivity contribution is 7.07. The first-order valence-electron chi connectivity index (χ1n) is 9.70. The summed E-state index contributed by atoms with van der Waals surface area (Å²) >= 11 is 1.73. The van der Waals surface area contributed by atoms with Gasteiger partial charge in [0, 0.05) is 43.0 Å². The number of amides is 1. The molecular weight excluding hydrogens is 356 g/mol. The van der Waals surface area contributed by atoms with Gasteiger partial charge in [-0.3, -0.25) is 4.79 Å². The Hall–Kier alpha value is -1.89. The molecule has 2 heterocycles. The van der Waals surface area contributed by atoms with Crippen molar-refractivity contribution >= 4 is 22.9 Å². The number of likely N-dealkylation sites (tertiary alicyclic amines) is 1. The minimum Gasteiger partial charge on any atom is -0.366 e. The van der Waals surface area contributed by atoms with Gasteiger partial charge in [-0.1, -0.05) is 0 Å². The zero-order chi connectivity index (χ0) is 19.2. The SMILES string of the molecule is C[C@H](CCN)N1CCC(N(Cc2ccsc2)c2ccc(C(N)=O)cc2)CC1. The largest absolute Gasteiger partial charge is 0.366 e. The molecule has 0 bridgehead atoms. The van der Waals surface area contributed by atoms with Crippen LogP contribution in [0.3, 0.4) is 0 Å². The Balaban J connectivity index is 1.73. The zero-order valence-electron chi connectivity index (χ0n) is 16.0. The molecule has 0 spiro atoms. The standard InChI is InChI=1S/C21H30N4OS/c1-16(6-10-22)24-11-7-20(8-12-24)25(14-17-9-13-27-15-17)19-4-2-18(3-5-19)21(23)26/h2-5,9,13,15-16,20H,6-8,10-12,14,22H2,1H3,(H2,23,26)/t16-/m1/s1. The van der Waals surface area contributed by atoms with Crippen LogP contribution < -0.4 is 16.4 Å². The average Bonchev–Trinajstić information content (AvgIpc) is 3.20. The second-order valence-corrected chi connectivity index (χ2v) is 8.14. The van der Waals surface area contributed by atoms with E-state index in [2.05, 4.69) is 33.6 Å². The number of nitrogens with zero attached hydrogens (tertiary/aromatic N) is 2. The lowest BCUT2D eigenvalue weighted by molar-refractivity contribution is 0.100. The molecule has 3 rings (SSSR count). The predicted molar refractivity (Wildman–Crippen MR) is 113 cm³/mol. The highest BCUT2D eigenvalue weighted by Crippen LogP contribution is 2.27. The number of thiophene rings is 1. The minimum absolute atomic E-state index is 0.381. The second-order valence-electron chi connectivity index (χ2n) is 7.36. The molecule has 1 aliphatic heterocycles. The van der Waals surface area contributed by atoms with Crippen molar-refractivity contribution < 1.29 is 4.79 Å². The summed E-state index contributed by atoms with van der Waals surface area (Å²) in [4.78, 5) is 16.4. The van der Waals surface area contributed by atoms with E-state index >= 15 is 0 Å². The van der Waals surface area contributed by atoms with E-state index < -0.39 is 0 Å². The third-order valence-electron chi connectivity index (χ3n) is 5.56. The molecule has 1 saturated heterocycles. The second kappa shape index (κ2) is 9.35. The summed E-state index contributed by atoms with van der Waals surface area (Å²) in [6.45, 7) is 6.12. The number of rotatable bonds is 8. The summed E-state index contributed by atoms with van der Waals surface area (Å²) in [6, 6.07) is 10.9. The molecule has 1 atom stereocenters. The summed E-state index contributed by atoms with van der Waals surface area (Å²) in [7, 11) is 0. The molecular formula is C21H30N4OS. The smallest absolute Gasteiger partial charge is 0.248 e. The van der Waals surface area contributed by atoms with Crippen LogP contribution in [0.25, 0.3) is 0 Å². The highest BCUT2D eigenvalue weighted by Gasteiger charge is 2.27. The zero-order valence-corrected chi connectivity index (χ0v) is 16.8. The van der Waals surface area contributed by atoms with E-state index in [9.17, 15) is 4.79 Å². The van der Waals surface area contributed by atoms with Crippen LogP contribution in [0, 0.1) is 0 Å². The molecule has 0 radical (unpaired) electrons. The third-order valence-corrected chi connectivity index (χ3v) is 6.30. The Morgan fingerprint density at radius 2 is 1.96 bits per heavy atom. The number of hydrogen-bond donors (Lipinski definition) is 2. The van der Waals surface area contributed by atoms with Crippen LogP contribution in [0.15, 0.2) is 41.1 Å². The lowest BCUT2D eigenvalue weighted by Crippen LogP contribution is -2.47. The van der Waals surface area contributed by atoms with E-state index in [0.717, 1.165) is 51.1 Å². The first-order chi connectivity index (χ1) is 13.1. The maximum absolute atomic E-state index is 11.4. The Kier molecular flexibility index (Phi) is 6.88. The summed E-state index contributed by atoms with van der Waals surface area (Å²) in [5.41, 5.74) is 14.2. The predicted octanol–water partition coefficient (Wildman–Crippen LogP) is 3.06. The normalized spacial score (nSPS) is 17.0. The van der Waals surface area contributed by atoms with Gasteiger partial charge in [0.25, 0.3) is 0 Å². The van der Waals surface area contributed by atoms with E-state index in [-0.39, 0.29) is 5.91 Å². The van der Waals surface area contributed by atoms with Crippen molar-refractivity contribution in [2.24, 2.45) is 11.5 Å². The lowest BCUT2D eigenvalue weighted by Gasteiger charge is -2.41. The van der Waals surface area contributed by atoms with Crippen molar-refractivity contribution in [3.8, 4) is 0 Å². The van der Waals surface area contributed by atoms with E-state index in [1.807, 2.05) is 24.3 Å². The summed E-state index contributed by atoms with van der Waals surface area (Å²) in [6.07, 6.45) is 3.32. The molecule has 0 unspecified atom stereocenters. The Morgan fingerprint density at radius 1 is 1.26 bits per heavy atom. The Morgan fingerprint density at radius 3 is 2.52 bits per heavy atom. The molecule has 27 heavy (non-hydrogen) atoms. The molecule has 5 nitrogen and oxygen atoms in total. The van der Waals surface area contributed by atoms with Crippen molar-refractivity contribution in [1.29, 1.82) is 0 Å². The van der Waals surface area contributed by atoms with Gasteiger partial charge < -0.3 is 21.3 Å². The Bertz CT molecular complexity index is 708. The minimum atomic E-state index is -0.381. The number of carbonyl (C=O) groups excluding carboxylic acids is 1. The topological polar surface area (TPSA) is 75.6 Å². The number of piperidine rings is 1. The molecule has 1 aromatic carbocycles. The van der Waals surface area contributed by atoms with Gasteiger partial charge in [0.1, 0.15) is 0 Å². The molecule has 0 aliphatic carbocycles. The van der Waals surface area contributed by atoms with E-state index in [1.165, 1.54) is 5.56 Å². The van der Waals surface area contributed by atoms with Crippen LogP contribution in [0.1, 0.15) is 42.1 Å². The van der Waals surface area contributed by atoms with E-state index in [0.29, 0.717) is 17.6 Å². The molecule has 1 aromatic heterocycles. The molecule has 146 valence electrons. The van der Waals surface area contributed by atoms with Crippen LogP contribution in [0.5, 0.6) is 0 Å². The maximum Gasteiger partial charge on any atom is 0.248 e. The number of hydrogen-bond acceptors (Lipinski definition) is 5. The van der Waals surface area contributed by atoms with Gasteiger partial charge in [-0.25, -0.2) is 0 Å². The third kappa shape index (κ3) is 5.09. The van der Waals surface area contributed by atoms with Crippen LogP contribution in [-0.4, -0.2) is 42.5 Å². The molecule has 6 heteroatoms. The average molecular weight is 387 g/mol. The van der Waals surface area contributed by atoms with Gasteiger partial charge in [0.2, 0.25) is 5.91 Å². The first-order valence-corrected chi connectivity index (χ1v) is 10.6. The van der Waals surface area contributed by atoms with E-state index in [1.54, 1.807) is 11.3 Å². The quantitative estimate of drug-likeness (QED) is 0.731. The number of anilines is 1. The van der Waals surface area contributed by atoms with Crippen LogP contribution in [0.2, 0.25) is 0 Å². The van der Waals surface area contributed by atoms with Crippen molar-refractivity contribution in [2.45, 2.75) is 44.8 Å². The van der Waals surface area contributed by atoms with Crippen molar-refractivity contribution in [2.75, 3.05) is 24.5 Å². The lowest BCUT2D eigenvalue weighted by atomic mass is 9.99. The van der Waals surface area contributed by atoms with Gasteiger partial charge in [-0.2, -0.15) is 11.3 Å². The fourth-order valence-electron chi connectivity index (χ4n) is 3.89. The molecule has 4 N–H and O–H groups in total.